The highest BCUT2D eigenvalue weighted by Gasteiger charge is 2.11. The molecule has 0 bridgehead atoms. The van der Waals surface area contributed by atoms with Crippen molar-refractivity contribution in [3.8, 4) is 6.07 Å². The number of hydrogen-bond acceptors (Lipinski definition) is 5. The highest BCUT2D eigenvalue weighted by molar-refractivity contribution is 5.99. The summed E-state index contributed by atoms with van der Waals surface area (Å²) < 4.78 is 4.74. The van der Waals surface area contributed by atoms with Gasteiger partial charge in [-0.05, 0) is 22.9 Å². The number of carbonyl (C=O) groups excluding carboxylic acids is 3. The minimum atomic E-state index is -0.718. The van der Waals surface area contributed by atoms with Gasteiger partial charge in [-0.25, -0.2) is 0 Å². The van der Waals surface area contributed by atoms with Crippen molar-refractivity contribution in [2.75, 3.05) is 19.7 Å². The maximum atomic E-state index is 12.1. The first kappa shape index (κ1) is 17.9. The van der Waals surface area contributed by atoms with Gasteiger partial charge in [0, 0.05) is 12.1 Å². The zero-order chi connectivity index (χ0) is 18.1. The molecule has 2 rings (SSSR count). The Hall–Kier alpha value is -3.40. The molecule has 0 saturated heterocycles. The Labute approximate surface area is 144 Å². The van der Waals surface area contributed by atoms with E-state index < -0.39 is 24.4 Å². The fourth-order valence-corrected chi connectivity index (χ4v) is 2.09. The number of hydrogen-bond donors (Lipinski definition) is 2. The number of nitrogens with one attached hydrogen (secondary N) is 2. The average molecular weight is 339 g/mol. The summed E-state index contributed by atoms with van der Waals surface area (Å²) in [5.74, 6) is -1.62. The van der Waals surface area contributed by atoms with Crippen molar-refractivity contribution in [1.82, 2.24) is 10.6 Å². The van der Waals surface area contributed by atoms with Gasteiger partial charge in [0.05, 0.1) is 12.5 Å². The lowest BCUT2D eigenvalue weighted by Gasteiger charge is -2.07. The third-order valence-electron chi connectivity index (χ3n) is 3.33. The van der Waals surface area contributed by atoms with E-state index in [-0.39, 0.29) is 19.5 Å². The van der Waals surface area contributed by atoms with E-state index in [0.717, 1.165) is 10.8 Å². The molecule has 7 nitrogen and oxygen atoms in total. The van der Waals surface area contributed by atoms with Crippen LogP contribution < -0.4 is 10.6 Å². The van der Waals surface area contributed by atoms with Crippen LogP contribution in [0.1, 0.15) is 16.8 Å². The Kier molecular flexibility index (Phi) is 6.48. The molecule has 2 aromatic carbocycles. The summed E-state index contributed by atoms with van der Waals surface area (Å²) in [6.45, 7) is -0.584. The largest absolute Gasteiger partial charge is 0.454 e. The highest BCUT2D eigenvalue weighted by atomic mass is 16.5. The van der Waals surface area contributed by atoms with Gasteiger partial charge in [0.1, 0.15) is 6.54 Å². The number of carbonyl (C=O) groups is 3. The van der Waals surface area contributed by atoms with Crippen molar-refractivity contribution >= 4 is 28.6 Å². The van der Waals surface area contributed by atoms with Crippen LogP contribution in [-0.2, 0) is 14.3 Å². The van der Waals surface area contributed by atoms with E-state index in [4.69, 9.17) is 10.00 Å². The summed E-state index contributed by atoms with van der Waals surface area (Å²) >= 11 is 0. The van der Waals surface area contributed by atoms with Crippen molar-refractivity contribution in [1.29, 1.82) is 5.26 Å². The fourth-order valence-electron chi connectivity index (χ4n) is 2.09. The first-order chi connectivity index (χ1) is 12.1. The third kappa shape index (κ3) is 5.62. The molecule has 0 unspecified atom stereocenters. The van der Waals surface area contributed by atoms with Crippen LogP contribution in [0.15, 0.2) is 42.5 Å². The van der Waals surface area contributed by atoms with Gasteiger partial charge in [-0.15, -0.1) is 0 Å². The predicted octanol–water partition coefficient (Wildman–Crippen LogP) is 1.14. The van der Waals surface area contributed by atoms with Crippen LogP contribution >= 0.6 is 0 Å². The molecule has 0 aliphatic heterocycles. The Morgan fingerprint density at radius 3 is 2.56 bits per heavy atom. The minimum Gasteiger partial charge on any atom is -0.454 e. The van der Waals surface area contributed by atoms with E-state index in [1.807, 2.05) is 36.4 Å². The van der Waals surface area contributed by atoms with Gasteiger partial charge < -0.3 is 15.4 Å². The van der Waals surface area contributed by atoms with E-state index in [2.05, 4.69) is 10.6 Å². The van der Waals surface area contributed by atoms with E-state index in [9.17, 15) is 14.4 Å². The number of rotatable bonds is 7. The van der Waals surface area contributed by atoms with Gasteiger partial charge in [0.2, 0.25) is 0 Å². The molecule has 0 fully saturated rings. The minimum absolute atomic E-state index is 0.182. The third-order valence-corrected chi connectivity index (χ3v) is 3.33. The van der Waals surface area contributed by atoms with Crippen LogP contribution in [0.2, 0.25) is 0 Å². The van der Waals surface area contributed by atoms with Gasteiger partial charge in [0.15, 0.2) is 6.61 Å². The number of esters is 1. The van der Waals surface area contributed by atoms with Crippen LogP contribution in [0, 0.1) is 11.3 Å². The van der Waals surface area contributed by atoms with Gasteiger partial charge in [0.25, 0.3) is 11.8 Å². The monoisotopic (exact) mass is 339 g/mol. The van der Waals surface area contributed by atoms with E-state index in [1.54, 1.807) is 12.1 Å². The normalized spacial score (nSPS) is 9.88. The van der Waals surface area contributed by atoms with Gasteiger partial charge in [-0.2, -0.15) is 5.26 Å². The van der Waals surface area contributed by atoms with Crippen molar-refractivity contribution < 1.29 is 19.1 Å². The zero-order valence-corrected chi connectivity index (χ0v) is 13.5. The molecule has 7 heteroatoms. The molecule has 0 heterocycles. The molecule has 0 saturated carbocycles. The van der Waals surface area contributed by atoms with E-state index in [1.165, 1.54) is 0 Å². The molecule has 0 spiro atoms. The molecule has 2 N–H and O–H groups in total. The number of nitrogens with zero attached hydrogens (tertiary/aromatic N) is 1. The maximum absolute atomic E-state index is 12.1. The lowest BCUT2D eigenvalue weighted by molar-refractivity contribution is -0.147. The number of fused-ring (bicyclic) bond motifs is 1. The number of ether oxygens (including phenoxy) is 1. The van der Waals surface area contributed by atoms with Crippen LogP contribution in [0.3, 0.4) is 0 Å². The second-order valence-electron chi connectivity index (χ2n) is 5.16. The van der Waals surface area contributed by atoms with Gasteiger partial charge >= 0.3 is 5.97 Å². The summed E-state index contributed by atoms with van der Waals surface area (Å²) in [6, 6.07) is 14.7. The Morgan fingerprint density at radius 1 is 1.04 bits per heavy atom. The maximum Gasteiger partial charge on any atom is 0.325 e. The molecular weight excluding hydrogens is 322 g/mol. The molecule has 0 aliphatic rings. The molecule has 2 amide bonds. The summed E-state index contributed by atoms with van der Waals surface area (Å²) in [4.78, 5) is 35.0. The van der Waals surface area contributed by atoms with Crippen LogP contribution in [0.5, 0.6) is 0 Å². The van der Waals surface area contributed by atoms with E-state index >= 15 is 0 Å². The smallest absolute Gasteiger partial charge is 0.325 e. The van der Waals surface area contributed by atoms with Gasteiger partial charge in [-0.3, -0.25) is 14.4 Å². The first-order valence-corrected chi connectivity index (χ1v) is 7.66. The Morgan fingerprint density at radius 2 is 1.80 bits per heavy atom. The Balaban J connectivity index is 1.77. The summed E-state index contributed by atoms with van der Waals surface area (Å²) in [7, 11) is 0. The van der Waals surface area contributed by atoms with Crippen LogP contribution in [0.25, 0.3) is 10.8 Å². The van der Waals surface area contributed by atoms with Crippen LogP contribution in [0.4, 0.5) is 0 Å². The number of nitriles is 1. The molecule has 2 aromatic rings. The van der Waals surface area contributed by atoms with Crippen molar-refractivity contribution in [2.24, 2.45) is 0 Å². The quantitative estimate of drug-likeness (QED) is 0.581. The van der Waals surface area contributed by atoms with Gasteiger partial charge in [-0.1, -0.05) is 30.3 Å². The molecule has 0 aliphatic carbocycles. The molecule has 0 aromatic heterocycles. The topological polar surface area (TPSA) is 108 Å². The second-order valence-corrected chi connectivity index (χ2v) is 5.16. The van der Waals surface area contributed by atoms with Crippen molar-refractivity contribution in [3.63, 3.8) is 0 Å². The lowest BCUT2D eigenvalue weighted by Crippen LogP contribution is -2.34. The van der Waals surface area contributed by atoms with Crippen LogP contribution in [-0.4, -0.2) is 37.5 Å². The predicted molar refractivity (Wildman–Crippen MR) is 90.5 cm³/mol. The standard InChI is InChI=1S/C18H17N3O4/c19-8-3-9-20-16(22)12-25-17(23)11-21-18(24)15-7-6-13-4-1-2-5-14(13)10-15/h1-2,4-7,10H,3,9,11-12H2,(H,20,22)(H,21,24). The Bertz CT molecular complexity index is 826. The second kappa shape index (κ2) is 9.03. The van der Waals surface area contributed by atoms with E-state index in [0.29, 0.717) is 5.56 Å². The molecule has 0 atom stereocenters. The number of benzene rings is 2. The molecule has 128 valence electrons. The average Bonchev–Trinajstić information content (AvgIpc) is 2.64. The molecular formula is C18H17N3O4. The van der Waals surface area contributed by atoms with Crippen molar-refractivity contribution in [2.45, 2.75) is 6.42 Å². The zero-order valence-electron chi connectivity index (χ0n) is 13.5. The lowest BCUT2D eigenvalue weighted by atomic mass is 10.1. The SMILES string of the molecule is N#CCCNC(=O)COC(=O)CNC(=O)c1ccc2ccccc2c1. The molecule has 0 radical (unpaired) electrons. The summed E-state index contributed by atoms with van der Waals surface area (Å²) in [5, 5.41) is 15.2. The summed E-state index contributed by atoms with van der Waals surface area (Å²) in [5.41, 5.74) is 0.431. The number of amides is 2. The fraction of sp³-hybridized carbons (Fsp3) is 0.222. The highest BCUT2D eigenvalue weighted by Crippen LogP contribution is 2.15. The first-order valence-electron chi connectivity index (χ1n) is 7.66. The molecule has 25 heavy (non-hydrogen) atoms. The summed E-state index contributed by atoms with van der Waals surface area (Å²) in [6.07, 6.45) is 0.182. The van der Waals surface area contributed by atoms with Crippen molar-refractivity contribution in [3.05, 3.63) is 48.0 Å².